The van der Waals surface area contributed by atoms with Gasteiger partial charge in [-0.05, 0) is 0 Å². The number of rotatable bonds is 3. The van der Waals surface area contributed by atoms with Gasteiger partial charge in [-0.1, -0.05) is 0 Å². The van der Waals surface area contributed by atoms with Crippen molar-refractivity contribution >= 4 is 46.5 Å². The molecule has 23 heavy (non-hydrogen) atoms. The van der Waals surface area contributed by atoms with Gasteiger partial charge in [0.05, 0.1) is 0 Å². The summed E-state index contributed by atoms with van der Waals surface area (Å²) in [5.74, 6) is 0.951. The molecule has 0 radical (unpaired) electrons. The first kappa shape index (κ1) is 14.6. The van der Waals surface area contributed by atoms with Crippen molar-refractivity contribution in [1.82, 2.24) is 0 Å². The van der Waals surface area contributed by atoms with Crippen LogP contribution in [-0.2, 0) is 0 Å². The number of fused-ring (bicyclic) bond motifs is 1. The van der Waals surface area contributed by atoms with E-state index in [4.69, 9.17) is 16.0 Å². The molecule has 4 rings (SSSR count). The van der Waals surface area contributed by atoms with E-state index in [0.29, 0.717) is 0 Å². The fourth-order valence-corrected chi connectivity index (χ4v) is 5.11. The standard InChI is InChI=1S/C20H13ClOSe/c21-16-11-5-7-13-18(16)23-20-15-10-4-6-12-17(15)22-19(20)14-8-2-1-3-9-14/h1-13H. The minimum atomic E-state index is 0.0795. The Morgan fingerprint density at radius 2 is 1.43 bits per heavy atom. The topological polar surface area (TPSA) is 13.1 Å². The molecule has 0 atom stereocenters. The summed E-state index contributed by atoms with van der Waals surface area (Å²) in [4.78, 5) is 0. The van der Waals surface area contributed by atoms with Crippen LogP contribution in [0.2, 0.25) is 5.02 Å². The van der Waals surface area contributed by atoms with E-state index in [1.807, 2.05) is 48.5 Å². The maximum absolute atomic E-state index is 6.38. The molecule has 0 saturated carbocycles. The Morgan fingerprint density at radius 1 is 0.739 bits per heavy atom. The summed E-state index contributed by atoms with van der Waals surface area (Å²) in [5, 5.41) is 1.99. The molecule has 3 heteroatoms. The van der Waals surface area contributed by atoms with Crippen LogP contribution in [0.3, 0.4) is 0 Å². The second-order valence-electron chi connectivity index (χ2n) is 5.15. The monoisotopic (exact) mass is 384 g/mol. The van der Waals surface area contributed by atoms with E-state index in [1.165, 1.54) is 14.3 Å². The number of furan rings is 1. The summed E-state index contributed by atoms with van der Waals surface area (Å²) in [6, 6.07) is 26.5. The van der Waals surface area contributed by atoms with Gasteiger partial charge in [-0.3, -0.25) is 0 Å². The average Bonchev–Trinajstić information content (AvgIpc) is 2.96. The molecule has 0 spiro atoms. The third kappa shape index (κ3) is 2.82. The molecule has 0 unspecified atom stereocenters. The van der Waals surface area contributed by atoms with Crippen LogP contribution in [0, 0.1) is 0 Å². The van der Waals surface area contributed by atoms with Gasteiger partial charge in [-0.15, -0.1) is 0 Å². The van der Waals surface area contributed by atoms with Crippen molar-refractivity contribution in [3.05, 3.63) is 83.9 Å². The molecule has 0 amide bonds. The first-order valence-electron chi connectivity index (χ1n) is 7.32. The summed E-state index contributed by atoms with van der Waals surface area (Å²) in [6.07, 6.45) is 0. The van der Waals surface area contributed by atoms with E-state index in [-0.39, 0.29) is 15.0 Å². The number of benzene rings is 3. The molecule has 0 N–H and O–H groups in total. The Labute approximate surface area is 146 Å². The molecule has 1 heterocycles. The van der Waals surface area contributed by atoms with Crippen LogP contribution in [0.5, 0.6) is 0 Å². The molecule has 3 aromatic carbocycles. The van der Waals surface area contributed by atoms with Crippen molar-refractivity contribution in [3.63, 3.8) is 0 Å². The first-order valence-corrected chi connectivity index (χ1v) is 9.41. The Kier molecular flexibility index (Phi) is 3.97. The van der Waals surface area contributed by atoms with Crippen molar-refractivity contribution in [2.45, 2.75) is 0 Å². The van der Waals surface area contributed by atoms with E-state index in [0.717, 1.165) is 21.9 Å². The molecule has 0 saturated heterocycles. The van der Waals surface area contributed by atoms with Crippen LogP contribution < -0.4 is 8.92 Å². The van der Waals surface area contributed by atoms with Gasteiger partial charge in [-0.25, -0.2) is 0 Å². The maximum atomic E-state index is 6.38. The van der Waals surface area contributed by atoms with Gasteiger partial charge in [0, 0.05) is 0 Å². The normalized spacial score (nSPS) is 11.0. The fraction of sp³-hybridized carbons (Fsp3) is 0. The van der Waals surface area contributed by atoms with Crippen LogP contribution in [0.4, 0.5) is 0 Å². The Bertz CT molecular complexity index is 960. The second kappa shape index (κ2) is 6.25. The van der Waals surface area contributed by atoms with Crippen molar-refractivity contribution in [2.75, 3.05) is 0 Å². The molecule has 0 fully saturated rings. The fourth-order valence-electron chi connectivity index (χ4n) is 2.54. The molecule has 1 aromatic heterocycles. The van der Waals surface area contributed by atoms with Gasteiger partial charge >= 0.3 is 146 Å². The van der Waals surface area contributed by atoms with E-state index in [9.17, 15) is 0 Å². The summed E-state index contributed by atoms with van der Waals surface area (Å²) in [6.45, 7) is 0. The first-order chi connectivity index (χ1) is 11.3. The summed E-state index contributed by atoms with van der Waals surface area (Å²) >= 11 is 6.46. The zero-order chi connectivity index (χ0) is 15.6. The van der Waals surface area contributed by atoms with E-state index in [2.05, 4.69) is 30.3 Å². The second-order valence-corrected chi connectivity index (χ2v) is 7.77. The Morgan fingerprint density at radius 3 is 2.26 bits per heavy atom. The Balaban J connectivity index is 1.92. The molecule has 1 nitrogen and oxygen atoms in total. The van der Waals surface area contributed by atoms with Crippen molar-refractivity contribution in [2.24, 2.45) is 0 Å². The molecule has 112 valence electrons. The van der Waals surface area contributed by atoms with Gasteiger partial charge in [0.2, 0.25) is 0 Å². The molecule has 0 aliphatic rings. The van der Waals surface area contributed by atoms with Crippen LogP contribution in [-0.4, -0.2) is 15.0 Å². The number of hydrogen-bond donors (Lipinski definition) is 0. The zero-order valence-corrected chi connectivity index (χ0v) is 14.7. The van der Waals surface area contributed by atoms with E-state index in [1.54, 1.807) is 0 Å². The summed E-state index contributed by atoms with van der Waals surface area (Å²) < 4.78 is 8.58. The third-order valence-corrected chi connectivity index (χ3v) is 6.71. The van der Waals surface area contributed by atoms with Gasteiger partial charge in [0.25, 0.3) is 0 Å². The molecule has 4 aromatic rings. The van der Waals surface area contributed by atoms with Crippen LogP contribution >= 0.6 is 11.6 Å². The van der Waals surface area contributed by atoms with Gasteiger partial charge in [0.1, 0.15) is 0 Å². The van der Waals surface area contributed by atoms with Crippen molar-refractivity contribution < 1.29 is 4.42 Å². The van der Waals surface area contributed by atoms with Crippen LogP contribution in [0.25, 0.3) is 22.3 Å². The SMILES string of the molecule is Clc1ccccc1[Se]c1c(-c2ccccc2)oc2ccccc12. The van der Waals surface area contributed by atoms with Crippen LogP contribution in [0.1, 0.15) is 0 Å². The van der Waals surface area contributed by atoms with Gasteiger partial charge in [-0.2, -0.15) is 0 Å². The number of halogens is 1. The van der Waals surface area contributed by atoms with Crippen molar-refractivity contribution in [1.29, 1.82) is 0 Å². The molecular formula is C20H13ClOSe. The average molecular weight is 384 g/mol. The molecular weight excluding hydrogens is 371 g/mol. The Hall–Kier alpha value is -1.99. The molecule has 0 aliphatic carbocycles. The molecule has 0 aliphatic heterocycles. The van der Waals surface area contributed by atoms with Gasteiger partial charge in [0.15, 0.2) is 0 Å². The van der Waals surface area contributed by atoms with Crippen LogP contribution in [0.15, 0.2) is 83.3 Å². The van der Waals surface area contributed by atoms with Crippen molar-refractivity contribution in [3.8, 4) is 11.3 Å². The zero-order valence-electron chi connectivity index (χ0n) is 12.2. The minimum absolute atomic E-state index is 0.0795. The van der Waals surface area contributed by atoms with Gasteiger partial charge < -0.3 is 0 Å². The predicted molar refractivity (Wildman–Crippen MR) is 98.1 cm³/mol. The summed E-state index contributed by atoms with van der Waals surface area (Å²) in [5.41, 5.74) is 2.03. The number of para-hydroxylation sites is 1. The predicted octanol–water partition coefficient (Wildman–Crippen LogP) is 4.41. The van der Waals surface area contributed by atoms with E-state index < -0.39 is 0 Å². The molecule has 0 bridgehead atoms. The quantitative estimate of drug-likeness (QED) is 0.478. The van der Waals surface area contributed by atoms with E-state index >= 15 is 0 Å². The number of hydrogen-bond acceptors (Lipinski definition) is 1. The third-order valence-electron chi connectivity index (χ3n) is 3.63. The summed E-state index contributed by atoms with van der Waals surface area (Å²) in [7, 11) is 0.